The average molecular weight is 442 g/mol. The van der Waals surface area contributed by atoms with Crippen LogP contribution in [0.25, 0.3) is 0 Å². The average Bonchev–Trinajstić information content (AvgIpc) is 3.18. The first-order chi connectivity index (χ1) is 11.8. The van der Waals surface area contributed by atoms with E-state index < -0.39 is 0 Å². The van der Waals surface area contributed by atoms with Crippen molar-refractivity contribution in [3.05, 3.63) is 42.7 Å². The van der Waals surface area contributed by atoms with Crippen LogP contribution in [0.3, 0.4) is 0 Å². The third-order valence-electron chi connectivity index (χ3n) is 3.71. The van der Waals surface area contributed by atoms with Gasteiger partial charge in [0.05, 0.1) is 15.2 Å². The molecule has 0 bridgehead atoms. The van der Waals surface area contributed by atoms with Gasteiger partial charge in [-0.1, -0.05) is 0 Å². The molecule has 134 valence electrons. The summed E-state index contributed by atoms with van der Waals surface area (Å²) in [5, 5.41) is 0. The van der Waals surface area contributed by atoms with Crippen LogP contribution in [0, 0.1) is 6.92 Å². The maximum Gasteiger partial charge on any atom is 0.223 e. The lowest BCUT2D eigenvalue weighted by Gasteiger charge is -2.15. The maximum absolute atomic E-state index is 12.1. The van der Waals surface area contributed by atoms with E-state index in [9.17, 15) is 14.4 Å². The van der Waals surface area contributed by atoms with Crippen molar-refractivity contribution in [2.75, 3.05) is 7.05 Å². The van der Waals surface area contributed by atoms with Gasteiger partial charge in [-0.15, -0.1) is 22.7 Å². The van der Waals surface area contributed by atoms with E-state index in [0.29, 0.717) is 11.4 Å². The van der Waals surface area contributed by atoms with Crippen molar-refractivity contribution < 1.29 is 14.4 Å². The highest BCUT2D eigenvalue weighted by Gasteiger charge is 2.15. The van der Waals surface area contributed by atoms with Gasteiger partial charge in [-0.2, -0.15) is 0 Å². The van der Waals surface area contributed by atoms with E-state index in [0.717, 1.165) is 13.5 Å². The number of aryl methyl sites for hydroxylation is 1. The minimum absolute atomic E-state index is 0.00170. The van der Waals surface area contributed by atoms with Crippen LogP contribution in [0.4, 0.5) is 0 Å². The molecule has 0 radical (unpaired) electrons. The Hall–Kier alpha value is -1.31. The molecule has 0 fully saturated rings. The first kappa shape index (κ1) is 20.0. The molecule has 0 saturated carbocycles. The van der Waals surface area contributed by atoms with Gasteiger partial charge in [-0.25, -0.2) is 0 Å². The van der Waals surface area contributed by atoms with Crippen molar-refractivity contribution in [1.82, 2.24) is 4.90 Å². The molecular weight excluding hydrogens is 422 g/mol. The molecule has 0 aromatic carbocycles. The normalized spacial score (nSPS) is 10.7. The van der Waals surface area contributed by atoms with Gasteiger partial charge in [0.2, 0.25) is 5.91 Å². The van der Waals surface area contributed by atoms with E-state index in [1.165, 1.54) is 11.3 Å². The van der Waals surface area contributed by atoms with Gasteiger partial charge >= 0.3 is 0 Å². The first-order valence-corrected chi connectivity index (χ1v) is 10.4. The van der Waals surface area contributed by atoms with Crippen LogP contribution >= 0.6 is 38.6 Å². The number of Topliss-reactive ketones (excluding diaryl/α,β-unsaturated/α-hetero) is 2. The Morgan fingerprint density at radius 1 is 1.00 bits per heavy atom. The Morgan fingerprint density at radius 3 is 2.32 bits per heavy atom. The van der Waals surface area contributed by atoms with Crippen LogP contribution in [0.1, 0.15) is 45.1 Å². The van der Waals surface area contributed by atoms with Crippen molar-refractivity contribution in [1.29, 1.82) is 0 Å². The number of ketones is 2. The minimum Gasteiger partial charge on any atom is -0.341 e. The molecule has 2 rings (SSSR count). The van der Waals surface area contributed by atoms with E-state index in [1.807, 2.05) is 25.1 Å². The minimum atomic E-state index is -0.0573. The SMILES string of the molecule is Cc1ccc(C(=O)CCC(=O)CCC(=O)N(C)Cc2ccc(Br)s2)s1. The number of hydrogen-bond acceptors (Lipinski definition) is 5. The fourth-order valence-electron chi connectivity index (χ4n) is 2.28. The fourth-order valence-corrected chi connectivity index (χ4v) is 4.65. The van der Waals surface area contributed by atoms with E-state index in [4.69, 9.17) is 0 Å². The Morgan fingerprint density at radius 2 is 1.72 bits per heavy atom. The molecule has 25 heavy (non-hydrogen) atoms. The molecule has 1 amide bonds. The lowest BCUT2D eigenvalue weighted by molar-refractivity contribution is -0.132. The van der Waals surface area contributed by atoms with Crippen LogP contribution in [0.2, 0.25) is 0 Å². The Labute approximate surface area is 164 Å². The predicted octanol–water partition coefficient (Wildman–Crippen LogP) is 4.85. The highest BCUT2D eigenvalue weighted by atomic mass is 79.9. The molecule has 2 aromatic heterocycles. The monoisotopic (exact) mass is 441 g/mol. The number of carbonyl (C=O) groups excluding carboxylic acids is 3. The highest BCUT2D eigenvalue weighted by molar-refractivity contribution is 9.11. The molecule has 0 atom stereocenters. The summed E-state index contributed by atoms with van der Waals surface area (Å²) in [5.41, 5.74) is 0. The standard InChI is InChI=1S/C18H20BrNO3S2/c1-12-3-8-16(24-12)15(22)7-4-13(21)5-10-18(23)20(2)11-14-6-9-17(19)25-14/h3,6,8-9H,4-5,7,10-11H2,1-2H3. The number of thiophene rings is 2. The molecule has 2 aromatic rings. The van der Waals surface area contributed by atoms with Crippen LogP contribution < -0.4 is 0 Å². The summed E-state index contributed by atoms with van der Waals surface area (Å²) in [7, 11) is 1.74. The molecule has 0 N–H and O–H groups in total. The molecule has 4 nitrogen and oxygen atoms in total. The molecule has 2 heterocycles. The summed E-state index contributed by atoms with van der Waals surface area (Å²) in [6, 6.07) is 7.63. The number of rotatable bonds is 9. The van der Waals surface area contributed by atoms with Gasteiger partial charge in [-0.05, 0) is 47.1 Å². The summed E-state index contributed by atoms with van der Waals surface area (Å²) in [6.07, 6.45) is 0.791. The van der Waals surface area contributed by atoms with Crippen LogP contribution in [-0.2, 0) is 16.1 Å². The highest BCUT2D eigenvalue weighted by Crippen LogP contribution is 2.23. The van der Waals surface area contributed by atoms with Crippen molar-refractivity contribution in [3.8, 4) is 0 Å². The zero-order valence-electron chi connectivity index (χ0n) is 14.2. The van der Waals surface area contributed by atoms with E-state index >= 15 is 0 Å². The van der Waals surface area contributed by atoms with Gasteiger partial charge < -0.3 is 4.90 Å². The van der Waals surface area contributed by atoms with Gasteiger partial charge in [-0.3, -0.25) is 14.4 Å². The second-order valence-corrected chi connectivity index (χ2v) is 9.66. The summed E-state index contributed by atoms with van der Waals surface area (Å²) in [5.74, 6) is -0.0986. The maximum atomic E-state index is 12.1. The molecule has 0 unspecified atom stereocenters. The van der Waals surface area contributed by atoms with Crippen LogP contribution in [0.5, 0.6) is 0 Å². The van der Waals surface area contributed by atoms with Gasteiger partial charge in [0.15, 0.2) is 5.78 Å². The first-order valence-electron chi connectivity index (χ1n) is 7.94. The largest absolute Gasteiger partial charge is 0.341 e. The zero-order valence-corrected chi connectivity index (χ0v) is 17.4. The van der Waals surface area contributed by atoms with Gasteiger partial charge in [0.25, 0.3) is 0 Å². The Bertz CT molecular complexity index is 766. The molecule has 0 aliphatic carbocycles. The number of carbonyl (C=O) groups is 3. The quantitative estimate of drug-likeness (QED) is 0.522. The van der Waals surface area contributed by atoms with Gasteiger partial charge in [0.1, 0.15) is 5.78 Å². The topological polar surface area (TPSA) is 54.5 Å². The van der Waals surface area contributed by atoms with Gasteiger partial charge in [0, 0.05) is 42.5 Å². The predicted molar refractivity (Wildman–Crippen MR) is 105 cm³/mol. The molecule has 0 aliphatic rings. The molecule has 0 aliphatic heterocycles. The third-order valence-corrected chi connectivity index (χ3v) is 6.36. The second kappa shape index (κ2) is 9.40. The van der Waals surface area contributed by atoms with Crippen LogP contribution in [-0.4, -0.2) is 29.4 Å². The summed E-state index contributed by atoms with van der Waals surface area (Å²) >= 11 is 6.44. The Balaban J connectivity index is 1.70. The number of nitrogens with zero attached hydrogens (tertiary/aromatic N) is 1. The smallest absolute Gasteiger partial charge is 0.223 e. The van der Waals surface area contributed by atoms with Crippen molar-refractivity contribution in [3.63, 3.8) is 0 Å². The molecule has 0 spiro atoms. The summed E-state index contributed by atoms with van der Waals surface area (Å²) in [4.78, 5) is 40.6. The second-order valence-electron chi connectivity index (χ2n) is 5.83. The lowest BCUT2D eigenvalue weighted by Crippen LogP contribution is -2.26. The Kier molecular flexibility index (Phi) is 7.53. The van der Waals surface area contributed by atoms with E-state index in [1.54, 1.807) is 29.4 Å². The fraction of sp³-hybridized carbons (Fsp3) is 0.389. The summed E-state index contributed by atoms with van der Waals surface area (Å²) in [6.45, 7) is 2.49. The van der Waals surface area contributed by atoms with Crippen molar-refractivity contribution in [2.24, 2.45) is 0 Å². The molecule has 7 heteroatoms. The molecule has 0 saturated heterocycles. The number of halogens is 1. The summed E-state index contributed by atoms with van der Waals surface area (Å²) < 4.78 is 1.03. The molecular formula is C18H20BrNO3S2. The van der Waals surface area contributed by atoms with Crippen molar-refractivity contribution in [2.45, 2.75) is 39.2 Å². The zero-order chi connectivity index (χ0) is 18.4. The third kappa shape index (κ3) is 6.49. The number of hydrogen-bond donors (Lipinski definition) is 0. The lowest BCUT2D eigenvalue weighted by atomic mass is 10.1. The van der Waals surface area contributed by atoms with E-state index in [-0.39, 0.29) is 43.2 Å². The van der Waals surface area contributed by atoms with E-state index in [2.05, 4.69) is 15.9 Å². The van der Waals surface area contributed by atoms with Crippen molar-refractivity contribution >= 4 is 56.1 Å². The number of amides is 1. The van der Waals surface area contributed by atoms with Crippen LogP contribution in [0.15, 0.2) is 28.1 Å².